The molecular formula is C14H22N4O2. The zero-order valence-electron chi connectivity index (χ0n) is 12.3. The number of nitro groups is 1. The lowest BCUT2D eigenvalue weighted by atomic mass is 9.95. The van der Waals surface area contributed by atoms with Crippen molar-refractivity contribution in [3.8, 4) is 0 Å². The Balaban J connectivity index is 1.90. The van der Waals surface area contributed by atoms with Gasteiger partial charge in [-0.1, -0.05) is 20.3 Å². The zero-order valence-corrected chi connectivity index (χ0v) is 12.3. The molecule has 0 saturated heterocycles. The van der Waals surface area contributed by atoms with Crippen LogP contribution in [-0.4, -0.2) is 20.7 Å². The van der Waals surface area contributed by atoms with Crippen molar-refractivity contribution in [3.05, 3.63) is 15.8 Å². The first-order valence-corrected chi connectivity index (χ1v) is 7.45. The second kappa shape index (κ2) is 4.75. The average Bonchev–Trinajstić information content (AvgIpc) is 3.04. The van der Waals surface area contributed by atoms with E-state index in [4.69, 9.17) is 0 Å². The van der Waals surface area contributed by atoms with Crippen LogP contribution in [0.5, 0.6) is 0 Å². The van der Waals surface area contributed by atoms with Crippen molar-refractivity contribution in [1.82, 2.24) is 9.78 Å². The van der Waals surface area contributed by atoms with Crippen LogP contribution in [0.25, 0.3) is 0 Å². The lowest BCUT2D eigenvalue weighted by Gasteiger charge is -2.23. The van der Waals surface area contributed by atoms with Gasteiger partial charge in [0.05, 0.1) is 4.92 Å². The highest BCUT2D eigenvalue weighted by Gasteiger charge is 2.41. The fourth-order valence-corrected chi connectivity index (χ4v) is 3.86. The van der Waals surface area contributed by atoms with Crippen molar-refractivity contribution in [2.75, 3.05) is 5.32 Å². The number of anilines is 1. The predicted molar refractivity (Wildman–Crippen MR) is 76.8 cm³/mol. The molecule has 2 saturated carbocycles. The molecule has 3 unspecified atom stereocenters. The van der Waals surface area contributed by atoms with Gasteiger partial charge in [-0.05, 0) is 31.1 Å². The van der Waals surface area contributed by atoms with Crippen LogP contribution in [0.1, 0.15) is 51.1 Å². The Morgan fingerprint density at radius 2 is 2.15 bits per heavy atom. The predicted octanol–water partition coefficient (Wildman–Crippen LogP) is 3.05. The largest absolute Gasteiger partial charge is 0.362 e. The summed E-state index contributed by atoms with van der Waals surface area (Å²) in [5.41, 5.74) is 0.730. The number of nitrogens with one attached hydrogen (secondary N) is 1. The maximum Gasteiger partial charge on any atom is 0.334 e. The number of aromatic nitrogens is 2. The Kier molecular flexibility index (Phi) is 3.18. The Bertz CT molecular complexity index is 538. The van der Waals surface area contributed by atoms with Gasteiger partial charge in [0.1, 0.15) is 5.69 Å². The summed E-state index contributed by atoms with van der Waals surface area (Å²) < 4.78 is 1.64. The number of nitrogens with zero attached hydrogens (tertiary/aromatic N) is 3. The minimum absolute atomic E-state index is 0.0529. The quantitative estimate of drug-likeness (QED) is 0.678. The number of hydrogen-bond acceptors (Lipinski definition) is 4. The molecule has 2 aliphatic rings. The van der Waals surface area contributed by atoms with E-state index in [0.717, 1.165) is 12.3 Å². The van der Waals surface area contributed by atoms with E-state index in [0.29, 0.717) is 23.5 Å². The monoisotopic (exact) mass is 278 g/mol. The Morgan fingerprint density at radius 3 is 2.65 bits per heavy atom. The van der Waals surface area contributed by atoms with Crippen molar-refractivity contribution in [2.24, 2.45) is 18.9 Å². The molecule has 110 valence electrons. The van der Waals surface area contributed by atoms with Gasteiger partial charge in [0.2, 0.25) is 5.82 Å². The lowest BCUT2D eigenvalue weighted by molar-refractivity contribution is -0.384. The van der Waals surface area contributed by atoms with Gasteiger partial charge in [-0.2, -0.15) is 5.10 Å². The van der Waals surface area contributed by atoms with Crippen LogP contribution in [0, 0.1) is 22.0 Å². The average molecular weight is 278 g/mol. The topological polar surface area (TPSA) is 73.0 Å². The van der Waals surface area contributed by atoms with Crippen molar-refractivity contribution < 1.29 is 4.92 Å². The molecule has 1 aromatic heterocycles. The Morgan fingerprint density at radius 1 is 1.40 bits per heavy atom. The maximum atomic E-state index is 11.4. The molecule has 2 fully saturated rings. The van der Waals surface area contributed by atoms with Gasteiger partial charge in [0.15, 0.2) is 0 Å². The molecule has 0 spiro atoms. The molecule has 6 nitrogen and oxygen atoms in total. The number of fused-ring (bicyclic) bond motifs is 2. The van der Waals surface area contributed by atoms with E-state index in [2.05, 4.69) is 10.4 Å². The molecule has 2 aliphatic carbocycles. The number of aryl methyl sites for hydroxylation is 1. The number of hydrogen-bond donors (Lipinski definition) is 1. The molecule has 0 aromatic carbocycles. The molecule has 0 radical (unpaired) electrons. The van der Waals surface area contributed by atoms with Gasteiger partial charge in [-0.15, -0.1) is 0 Å². The van der Waals surface area contributed by atoms with Crippen molar-refractivity contribution >= 4 is 11.5 Å². The van der Waals surface area contributed by atoms with Crippen LogP contribution in [0.3, 0.4) is 0 Å². The first-order chi connectivity index (χ1) is 9.47. The first kappa shape index (κ1) is 13.4. The van der Waals surface area contributed by atoms with Gasteiger partial charge in [-0.3, -0.25) is 10.1 Å². The van der Waals surface area contributed by atoms with E-state index in [1.807, 2.05) is 13.8 Å². The molecular weight excluding hydrogens is 256 g/mol. The molecule has 6 heteroatoms. The van der Waals surface area contributed by atoms with E-state index in [1.54, 1.807) is 11.7 Å². The van der Waals surface area contributed by atoms with Crippen LogP contribution < -0.4 is 5.32 Å². The smallest absolute Gasteiger partial charge is 0.334 e. The third-order valence-corrected chi connectivity index (χ3v) is 4.84. The van der Waals surface area contributed by atoms with Crippen LogP contribution in [0.4, 0.5) is 11.5 Å². The maximum absolute atomic E-state index is 11.4. The SMILES string of the molecule is CC(C)c1nn(C)c(NC2CC3CCC2C3)c1[N+](=O)[O-]. The minimum atomic E-state index is -0.294. The summed E-state index contributed by atoms with van der Waals surface area (Å²) in [7, 11) is 1.79. The van der Waals surface area contributed by atoms with E-state index in [1.165, 1.54) is 19.3 Å². The summed E-state index contributed by atoms with van der Waals surface area (Å²) in [6.45, 7) is 3.88. The van der Waals surface area contributed by atoms with Gasteiger partial charge >= 0.3 is 5.69 Å². The summed E-state index contributed by atoms with van der Waals surface area (Å²) >= 11 is 0. The molecule has 20 heavy (non-hydrogen) atoms. The molecule has 1 aromatic rings. The van der Waals surface area contributed by atoms with Crippen molar-refractivity contribution in [2.45, 2.75) is 51.5 Å². The van der Waals surface area contributed by atoms with Gasteiger partial charge in [-0.25, -0.2) is 4.68 Å². The van der Waals surface area contributed by atoms with Crippen molar-refractivity contribution in [3.63, 3.8) is 0 Å². The molecule has 1 heterocycles. The van der Waals surface area contributed by atoms with Crippen LogP contribution in [0.15, 0.2) is 0 Å². The van der Waals surface area contributed by atoms with Crippen LogP contribution >= 0.6 is 0 Å². The van der Waals surface area contributed by atoms with Gasteiger partial charge in [0.25, 0.3) is 0 Å². The molecule has 3 rings (SSSR count). The summed E-state index contributed by atoms with van der Waals surface area (Å²) in [5, 5.41) is 19.2. The normalized spacial score (nSPS) is 28.3. The lowest BCUT2D eigenvalue weighted by Crippen LogP contribution is -2.27. The van der Waals surface area contributed by atoms with Crippen molar-refractivity contribution in [1.29, 1.82) is 0 Å². The minimum Gasteiger partial charge on any atom is -0.362 e. The summed E-state index contributed by atoms with van der Waals surface area (Å²) in [4.78, 5) is 11.1. The molecule has 2 bridgehead atoms. The highest BCUT2D eigenvalue weighted by molar-refractivity contribution is 5.61. The van der Waals surface area contributed by atoms with E-state index >= 15 is 0 Å². The summed E-state index contributed by atoms with van der Waals surface area (Å²) in [6, 6.07) is 0.378. The fraction of sp³-hybridized carbons (Fsp3) is 0.786. The van der Waals surface area contributed by atoms with Crippen LogP contribution in [0.2, 0.25) is 0 Å². The second-order valence-electron chi connectivity index (χ2n) is 6.54. The van der Waals surface area contributed by atoms with Gasteiger partial charge in [0, 0.05) is 19.0 Å². The van der Waals surface area contributed by atoms with Gasteiger partial charge < -0.3 is 5.32 Å². The third-order valence-electron chi connectivity index (χ3n) is 4.84. The standard InChI is InChI=1S/C14H22N4O2/c1-8(2)12-13(18(19)20)14(17(3)16-12)15-11-7-9-4-5-10(11)6-9/h8-11,15H,4-7H2,1-3H3. The Hall–Kier alpha value is -1.59. The highest BCUT2D eigenvalue weighted by atomic mass is 16.6. The molecule has 1 N–H and O–H groups in total. The number of rotatable bonds is 4. The van der Waals surface area contributed by atoms with E-state index in [-0.39, 0.29) is 16.5 Å². The summed E-state index contributed by atoms with van der Waals surface area (Å²) in [5.74, 6) is 2.12. The molecule has 3 atom stereocenters. The van der Waals surface area contributed by atoms with Crippen LogP contribution in [-0.2, 0) is 7.05 Å². The third kappa shape index (κ3) is 2.07. The Labute approximate surface area is 118 Å². The first-order valence-electron chi connectivity index (χ1n) is 7.45. The van der Waals surface area contributed by atoms with E-state index in [9.17, 15) is 10.1 Å². The molecule has 0 aliphatic heterocycles. The zero-order chi connectivity index (χ0) is 14.4. The second-order valence-corrected chi connectivity index (χ2v) is 6.54. The molecule has 0 amide bonds. The van der Waals surface area contributed by atoms with E-state index < -0.39 is 0 Å². The summed E-state index contributed by atoms with van der Waals surface area (Å²) in [6.07, 6.45) is 5.00. The fourth-order valence-electron chi connectivity index (χ4n) is 3.86. The highest BCUT2D eigenvalue weighted by Crippen LogP contribution is 2.46.